The molecule has 19 heavy (non-hydrogen) atoms. The van der Waals surface area contributed by atoms with E-state index < -0.39 is 11.6 Å². The first kappa shape index (κ1) is 11.6. The first-order valence-corrected chi connectivity index (χ1v) is 5.94. The van der Waals surface area contributed by atoms with Gasteiger partial charge in [-0.05, 0) is 19.4 Å². The summed E-state index contributed by atoms with van der Waals surface area (Å²) >= 11 is 0. The van der Waals surface area contributed by atoms with Crippen LogP contribution in [0.3, 0.4) is 0 Å². The lowest BCUT2D eigenvalue weighted by Crippen LogP contribution is -2.21. The first-order chi connectivity index (χ1) is 9.02. The van der Waals surface area contributed by atoms with E-state index in [1.54, 1.807) is 31.2 Å². The summed E-state index contributed by atoms with van der Waals surface area (Å²) in [5.74, 6) is -1.23. The van der Waals surface area contributed by atoms with E-state index in [1.807, 2.05) is 0 Å². The highest BCUT2D eigenvalue weighted by Gasteiger charge is 2.35. The summed E-state index contributed by atoms with van der Waals surface area (Å²) in [5, 5.41) is 0. The Bertz CT molecular complexity index is 753. The van der Waals surface area contributed by atoms with Crippen molar-refractivity contribution in [1.29, 1.82) is 0 Å². The highest BCUT2D eigenvalue weighted by Crippen LogP contribution is 2.37. The molecule has 2 aromatic rings. The molecule has 0 fully saturated rings. The van der Waals surface area contributed by atoms with E-state index in [1.165, 1.54) is 6.92 Å². The van der Waals surface area contributed by atoms with Crippen molar-refractivity contribution in [3.63, 3.8) is 0 Å². The predicted octanol–water partition coefficient (Wildman–Crippen LogP) is 2.57. The summed E-state index contributed by atoms with van der Waals surface area (Å²) < 4.78 is 0. The maximum Gasteiger partial charge on any atom is 0.250 e. The fraction of sp³-hybridized carbons (Fsp3) is 0.133. The van der Waals surface area contributed by atoms with Crippen LogP contribution in [0, 0.1) is 6.92 Å². The summed E-state index contributed by atoms with van der Waals surface area (Å²) in [6, 6.07) is 6.88. The van der Waals surface area contributed by atoms with Crippen molar-refractivity contribution in [2.75, 3.05) is 0 Å². The third-order valence-corrected chi connectivity index (χ3v) is 3.41. The summed E-state index contributed by atoms with van der Waals surface area (Å²) in [4.78, 5) is 38.7. The van der Waals surface area contributed by atoms with E-state index in [9.17, 15) is 14.4 Å². The summed E-state index contributed by atoms with van der Waals surface area (Å²) in [5.41, 5.74) is 2.91. The zero-order chi connectivity index (χ0) is 13.7. The van der Waals surface area contributed by atoms with Gasteiger partial charge in [0.2, 0.25) is 11.6 Å². The van der Waals surface area contributed by atoms with Gasteiger partial charge in [0.25, 0.3) is 0 Å². The van der Waals surface area contributed by atoms with Gasteiger partial charge in [-0.15, -0.1) is 0 Å². The molecular formula is C15H11NO3. The largest absolute Gasteiger partial charge is 0.355 e. The van der Waals surface area contributed by atoms with Gasteiger partial charge in [0.15, 0.2) is 5.78 Å². The molecule has 4 heteroatoms. The van der Waals surface area contributed by atoms with Crippen molar-refractivity contribution in [2.45, 2.75) is 13.8 Å². The Morgan fingerprint density at radius 1 is 1.05 bits per heavy atom. The molecule has 0 spiro atoms. The number of hydrogen-bond acceptors (Lipinski definition) is 3. The minimum Gasteiger partial charge on any atom is -0.355 e. The number of fused-ring (bicyclic) bond motifs is 3. The van der Waals surface area contributed by atoms with Gasteiger partial charge in [-0.1, -0.05) is 24.3 Å². The summed E-state index contributed by atoms with van der Waals surface area (Å²) in [7, 11) is 0. The fourth-order valence-electron chi connectivity index (χ4n) is 2.64. The molecule has 0 radical (unpaired) electrons. The number of benzene rings is 1. The highest BCUT2D eigenvalue weighted by atomic mass is 16.2. The number of carbonyl (C=O) groups excluding carboxylic acids is 3. The lowest BCUT2D eigenvalue weighted by Gasteiger charge is -2.15. The Morgan fingerprint density at radius 3 is 2.32 bits per heavy atom. The topological polar surface area (TPSA) is 67.0 Å². The molecule has 1 aliphatic rings. The van der Waals surface area contributed by atoms with Crippen LogP contribution in [-0.4, -0.2) is 22.3 Å². The van der Waals surface area contributed by atoms with Crippen molar-refractivity contribution in [3.05, 3.63) is 46.8 Å². The van der Waals surface area contributed by atoms with E-state index in [4.69, 9.17) is 0 Å². The third kappa shape index (κ3) is 1.43. The molecule has 4 nitrogen and oxygen atoms in total. The molecule has 1 heterocycles. The Hall–Kier alpha value is -2.49. The number of ketones is 3. The molecule has 0 amide bonds. The average Bonchev–Trinajstić information content (AvgIpc) is 2.74. The number of aromatic nitrogens is 1. The maximum atomic E-state index is 12.1. The Labute approximate surface area is 109 Å². The van der Waals surface area contributed by atoms with Crippen LogP contribution >= 0.6 is 0 Å². The van der Waals surface area contributed by atoms with Crippen LogP contribution < -0.4 is 0 Å². The summed E-state index contributed by atoms with van der Waals surface area (Å²) in [6.45, 7) is 3.19. The molecule has 0 unspecified atom stereocenters. The number of H-pyrrole nitrogens is 1. The number of aromatic amines is 1. The van der Waals surface area contributed by atoms with Crippen molar-refractivity contribution in [3.8, 4) is 11.1 Å². The lowest BCUT2D eigenvalue weighted by molar-refractivity contribution is 0.0812. The van der Waals surface area contributed by atoms with Crippen LogP contribution in [0.15, 0.2) is 24.3 Å². The molecule has 0 bridgehead atoms. The van der Waals surface area contributed by atoms with Gasteiger partial charge in [0.1, 0.15) is 0 Å². The standard InChI is InChI=1S/C15H11NO3/c1-7-11(8(2)17)12-9-5-3-4-6-10(9)14(18)15(19)13(12)16-7/h3-6,16H,1-2H3. The molecular weight excluding hydrogens is 242 g/mol. The second-order valence-corrected chi connectivity index (χ2v) is 4.64. The molecule has 0 saturated heterocycles. The second-order valence-electron chi connectivity index (χ2n) is 4.64. The number of aryl methyl sites for hydroxylation is 1. The number of rotatable bonds is 1. The van der Waals surface area contributed by atoms with E-state index >= 15 is 0 Å². The third-order valence-electron chi connectivity index (χ3n) is 3.41. The van der Waals surface area contributed by atoms with Crippen molar-refractivity contribution in [1.82, 2.24) is 4.98 Å². The average molecular weight is 253 g/mol. The van der Waals surface area contributed by atoms with Crippen molar-refractivity contribution >= 4 is 17.3 Å². The van der Waals surface area contributed by atoms with Crippen molar-refractivity contribution in [2.24, 2.45) is 0 Å². The van der Waals surface area contributed by atoms with Gasteiger partial charge in [-0.2, -0.15) is 0 Å². The Kier molecular flexibility index (Phi) is 2.29. The molecule has 1 N–H and O–H groups in total. The van der Waals surface area contributed by atoms with Crippen LogP contribution in [0.5, 0.6) is 0 Å². The molecule has 3 rings (SSSR count). The zero-order valence-corrected chi connectivity index (χ0v) is 10.5. The number of hydrogen-bond donors (Lipinski definition) is 1. The number of nitrogens with one attached hydrogen (secondary N) is 1. The van der Waals surface area contributed by atoms with Gasteiger partial charge in [0, 0.05) is 22.4 Å². The van der Waals surface area contributed by atoms with E-state index in [0.717, 1.165) is 0 Å². The highest BCUT2D eigenvalue weighted by molar-refractivity contribution is 6.53. The minimum atomic E-state index is -0.579. The monoisotopic (exact) mass is 253 g/mol. The molecule has 0 aliphatic heterocycles. The lowest BCUT2D eigenvalue weighted by atomic mass is 9.85. The zero-order valence-electron chi connectivity index (χ0n) is 10.5. The fourth-order valence-corrected chi connectivity index (χ4v) is 2.64. The van der Waals surface area contributed by atoms with Crippen molar-refractivity contribution < 1.29 is 14.4 Å². The van der Waals surface area contributed by atoms with Crippen LogP contribution in [0.1, 0.15) is 43.8 Å². The van der Waals surface area contributed by atoms with Crippen LogP contribution in [0.25, 0.3) is 11.1 Å². The van der Waals surface area contributed by atoms with Gasteiger partial charge in [-0.25, -0.2) is 0 Å². The Balaban J connectivity index is 2.45. The van der Waals surface area contributed by atoms with E-state index in [-0.39, 0.29) is 11.5 Å². The second kappa shape index (κ2) is 3.75. The van der Waals surface area contributed by atoms with Gasteiger partial charge < -0.3 is 4.98 Å². The predicted molar refractivity (Wildman–Crippen MR) is 69.6 cm³/mol. The maximum absolute atomic E-state index is 12.1. The van der Waals surface area contributed by atoms with Crippen LogP contribution in [0.2, 0.25) is 0 Å². The number of carbonyl (C=O) groups is 3. The smallest absolute Gasteiger partial charge is 0.250 e. The Morgan fingerprint density at radius 2 is 1.68 bits per heavy atom. The molecule has 1 aromatic heterocycles. The van der Waals surface area contributed by atoms with E-state index in [0.29, 0.717) is 27.9 Å². The minimum absolute atomic E-state index is 0.119. The van der Waals surface area contributed by atoms with Gasteiger partial charge in [0.05, 0.1) is 5.69 Å². The van der Waals surface area contributed by atoms with Crippen LogP contribution in [0.4, 0.5) is 0 Å². The molecule has 1 aromatic carbocycles. The summed E-state index contributed by atoms with van der Waals surface area (Å²) in [6.07, 6.45) is 0. The number of Topliss-reactive ketones (excluding diaryl/α,β-unsaturated/α-hetero) is 3. The molecule has 0 saturated carbocycles. The quantitative estimate of drug-likeness (QED) is 0.627. The van der Waals surface area contributed by atoms with E-state index in [2.05, 4.69) is 4.98 Å². The normalized spacial score (nSPS) is 13.2. The molecule has 1 aliphatic carbocycles. The molecule has 94 valence electrons. The first-order valence-electron chi connectivity index (χ1n) is 5.94. The van der Waals surface area contributed by atoms with Gasteiger partial charge in [-0.3, -0.25) is 14.4 Å². The van der Waals surface area contributed by atoms with Crippen LogP contribution in [-0.2, 0) is 0 Å². The molecule has 0 atom stereocenters. The van der Waals surface area contributed by atoms with Gasteiger partial charge >= 0.3 is 0 Å². The SMILES string of the molecule is CC(=O)c1c(C)[nH]c2c1-c1ccccc1C(=O)C2=O.